The van der Waals surface area contributed by atoms with Crippen LogP contribution in [0.15, 0.2) is 24.3 Å². The van der Waals surface area contributed by atoms with Crippen molar-refractivity contribution in [3.05, 3.63) is 35.4 Å². The summed E-state index contributed by atoms with van der Waals surface area (Å²) >= 11 is 0. The Morgan fingerprint density at radius 3 is 2.45 bits per heavy atom. The molecule has 1 N–H and O–H groups in total. The van der Waals surface area contributed by atoms with Crippen LogP contribution >= 0.6 is 0 Å². The van der Waals surface area contributed by atoms with Crippen LogP contribution in [-0.2, 0) is 4.74 Å². The zero-order valence-electron chi connectivity index (χ0n) is 13.4. The molecule has 0 amide bonds. The first-order chi connectivity index (χ1) is 9.60. The Hall–Kier alpha value is -0.860. The molecular formula is C18H29NO. The van der Waals surface area contributed by atoms with E-state index in [-0.39, 0.29) is 0 Å². The van der Waals surface area contributed by atoms with Gasteiger partial charge >= 0.3 is 0 Å². The molecule has 1 saturated carbocycles. The van der Waals surface area contributed by atoms with Crippen LogP contribution in [-0.4, -0.2) is 19.8 Å². The van der Waals surface area contributed by atoms with E-state index in [0.717, 1.165) is 18.4 Å². The molecule has 112 valence electrons. The van der Waals surface area contributed by atoms with Gasteiger partial charge in [0.25, 0.3) is 0 Å². The SMILES string of the molecule is CNC(COC1CCC(C)C(C)C1)c1ccc(C)cc1. The fourth-order valence-electron chi connectivity index (χ4n) is 3.03. The van der Waals surface area contributed by atoms with Crippen LogP contribution in [0.4, 0.5) is 0 Å². The molecule has 1 fully saturated rings. The lowest BCUT2D eigenvalue weighted by Crippen LogP contribution is -2.30. The van der Waals surface area contributed by atoms with Gasteiger partial charge in [0.05, 0.1) is 18.8 Å². The summed E-state index contributed by atoms with van der Waals surface area (Å²) in [4.78, 5) is 0. The van der Waals surface area contributed by atoms with Gasteiger partial charge in [0.2, 0.25) is 0 Å². The molecule has 0 saturated heterocycles. The van der Waals surface area contributed by atoms with E-state index in [1.165, 1.54) is 30.4 Å². The van der Waals surface area contributed by atoms with E-state index in [2.05, 4.69) is 50.4 Å². The van der Waals surface area contributed by atoms with Gasteiger partial charge in [-0.2, -0.15) is 0 Å². The van der Waals surface area contributed by atoms with Crippen LogP contribution in [0.3, 0.4) is 0 Å². The summed E-state index contributed by atoms with van der Waals surface area (Å²) in [6.45, 7) is 7.61. The zero-order valence-corrected chi connectivity index (χ0v) is 13.4. The molecule has 1 aromatic rings. The lowest BCUT2D eigenvalue weighted by Gasteiger charge is -2.33. The first-order valence-corrected chi connectivity index (χ1v) is 7.95. The van der Waals surface area contributed by atoms with Gasteiger partial charge in [0.15, 0.2) is 0 Å². The summed E-state index contributed by atoms with van der Waals surface area (Å²) in [6.07, 6.45) is 4.18. The number of rotatable bonds is 5. The Labute approximate surface area is 123 Å². The average molecular weight is 275 g/mol. The highest BCUT2D eigenvalue weighted by Gasteiger charge is 2.25. The lowest BCUT2D eigenvalue weighted by molar-refractivity contribution is -0.00683. The largest absolute Gasteiger partial charge is 0.376 e. The van der Waals surface area contributed by atoms with Crippen LogP contribution < -0.4 is 5.32 Å². The number of ether oxygens (including phenoxy) is 1. The molecule has 0 aromatic heterocycles. The van der Waals surface area contributed by atoms with E-state index in [1.54, 1.807) is 0 Å². The predicted molar refractivity (Wildman–Crippen MR) is 84.9 cm³/mol. The molecule has 0 spiro atoms. The first-order valence-electron chi connectivity index (χ1n) is 7.95. The number of nitrogens with one attached hydrogen (secondary N) is 1. The molecule has 1 aromatic carbocycles. The molecule has 0 bridgehead atoms. The topological polar surface area (TPSA) is 21.3 Å². The highest BCUT2D eigenvalue weighted by molar-refractivity contribution is 5.24. The molecule has 0 heterocycles. The van der Waals surface area contributed by atoms with Gasteiger partial charge in [-0.15, -0.1) is 0 Å². The van der Waals surface area contributed by atoms with Crippen LogP contribution in [0.1, 0.15) is 50.3 Å². The average Bonchev–Trinajstić information content (AvgIpc) is 2.45. The monoisotopic (exact) mass is 275 g/mol. The van der Waals surface area contributed by atoms with Gasteiger partial charge in [-0.1, -0.05) is 43.7 Å². The van der Waals surface area contributed by atoms with Gasteiger partial charge in [-0.25, -0.2) is 0 Å². The molecule has 20 heavy (non-hydrogen) atoms. The highest BCUT2D eigenvalue weighted by Crippen LogP contribution is 2.31. The van der Waals surface area contributed by atoms with Crippen molar-refractivity contribution in [1.82, 2.24) is 5.32 Å². The molecule has 2 rings (SSSR count). The molecule has 2 heteroatoms. The fraction of sp³-hybridized carbons (Fsp3) is 0.667. The summed E-state index contributed by atoms with van der Waals surface area (Å²) in [5.41, 5.74) is 2.62. The molecule has 4 atom stereocenters. The second-order valence-corrected chi connectivity index (χ2v) is 6.47. The van der Waals surface area contributed by atoms with Crippen molar-refractivity contribution >= 4 is 0 Å². The maximum Gasteiger partial charge on any atom is 0.0665 e. The van der Waals surface area contributed by atoms with Gasteiger partial charge in [0.1, 0.15) is 0 Å². The maximum absolute atomic E-state index is 6.18. The van der Waals surface area contributed by atoms with Crippen molar-refractivity contribution in [2.45, 2.75) is 52.2 Å². The Bertz CT molecular complexity index is 400. The van der Waals surface area contributed by atoms with Crippen molar-refractivity contribution in [3.8, 4) is 0 Å². The third-order valence-electron chi connectivity index (χ3n) is 4.88. The Kier molecular flexibility index (Phi) is 5.62. The number of hydrogen-bond donors (Lipinski definition) is 1. The summed E-state index contributed by atoms with van der Waals surface area (Å²) in [7, 11) is 2.01. The van der Waals surface area contributed by atoms with Crippen molar-refractivity contribution in [1.29, 1.82) is 0 Å². The second kappa shape index (κ2) is 7.24. The summed E-state index contributed by atoms with van der Waals surface area (Å²) in [5.74, 6) is 1.65. The molecule has 1 aliphatic rings. The zero-order chi connectivity index (χ0) is 14.5. The van der Waals surface area contributed by atoms with E-state index < -0.39 is 0 Å². The Balaban J connectivity index is 1.86. The highest BCUT2D eigenvalue weighted by atomic mass is 16.5. The molecule has 4 unspecified atom stereocenters. The number of aryl methyl sites for hydroxylation is 1. The van der Waals surface area contributed by atoms with E-state index >= 15 is 0 Å². The minimum absolute atomic E-state index is 0.297. The summed E-state index contributed by atoms with van der Waals surface area (Å²) in [5, 5.41) is 3.37. The van der Waals surface area contributed by atoms with Crippen molar-refractivity contribution in [2.75, 3.05) is 13.7 Å². The third kappa shape index (κ3) is 4.07. The van der Waals surface area contributed by atoms with E-state index in [0.29, 0.717) is 12.1 Å². The van der Waals surface area contributed by atoms with Crippen LogP contribution in [0.2, 0.25) is 0 Å². The fourth-order valence-corrected chi connectivity index (χ4v) is 3.03. The van der Waals surface area contributed by atoms with Gasteiger partial charge in [0, 0.05) is 0 Å². The quantitative estimate of drug-likeness (QED) is 0.873. The summed E-state index contributed by atoms with van der Waals surface area (Å²) in [6, 6.07) is 9.04. The first kappa shape index (κ1) is 15.5. The molecule has 0 aliphatic heterocycles. The summed E-state index contributed by atoms with van der Waals surface area (Å²) < 4.78 is 6.18. The molecular weight excluding hydrogens is 246 g/mol. The molecule has 1 aliphatic carbocycles. The van der Waals surface area contributed by atoms with E-state index in [1.807, 2.05) is 7.05 Å². The Morgan fingerprint density at radius 1 is 1.15 bits per heavy atom. The lowest BCUT2D eigenvalue weighted by atomic mass is 9.80. The number of hydrogen-bond acceptors (Lipinski definition) is 2. The van der Waals surface area contributed by atoms with Crippen molar-refractivity contribution in [2.24, 2.45) is 11.8 Å². The minimum Gasteiger partial charge on any atom is -0.376 e. The second-order valence-electron chi connectivity index (χ2n) is 6.47. The van der Waals surface area contributed by atoms with E-state index in [9.17, 15) is 0 Å². The molecule has 0 radical (unpaired) electrons. The van der Waals surface area contributed by atoms with Gasteiger partial charge < -0.3 is 10.1 Å². The molecule has 2 nitrogen and oxygen atoms in total. The number of benzene rings is 1. The smallest absolute Gasteiger partial charge is 0.0665 e. The normalized spacial score (nSPS) is 28.3. The maximum atomic E-state index is 6.18. The predicted octanol–water partition coefficient (Wildman–Crippen LogP) is 4.10. The van der Waals surface area contributed by atoms with Gasteiger partial charge in [-0.05, 0) is 50.6 Å². The minimum atomic E-state index is 0.297. The van der Waals surface area contributed by atoms with Crippen LogP contribution in [0.5, 0.6) is 0 Å². The van der Waals surface area contributed by atoms with Crippen molar-refractivity contribution in [3.63, 3.8) is 0 Å². The standard InChI is InChI=1S/C18H29NO/c1-13-5-8-16(9-6-13)18(19-4)12-20-17-10-7-14(2)15(3)11-17/h5-6,8-9,14-15,17-19H,7,10-12H2,1-4H3. The van der Waals surface area contributed by atoms with Crippen molar-refractivity contribution < 1.29 is 4.74 Å². The number of likely N-dealkylation sites (N-methyl/N-ethyl adjacent to an activating group) is 1. The third-order valence-corrected chi connectivity index (χ3v) is 4.88. The van der Waals surface area contributed by atoms with Crippen LogP contribution in [0.25, 0.3) is 0 Å². The van der Waals surface area contributed by atoms with E-state index in [4.69, 9.17) is 4.74 Å². The van der Waals surface area contributed by atoms with Gasteiger partial charge in [-0.3, -0.25) is 0 Å². The Morgan fingerprint density at radius 2 is 1.85 bits per heavy atom. The van der Waals surface area contributed by atoms with Crippen LogP contribution in [0, 0.1) is 18.8 Å².